The number of ether oxygens (including phenoxy) is 1. The van der Waals surface area contributed by atoms with Gasteiger partial charge >= 0.3 is 5.97 Å². The highest BCUT2D eigenvalue weighted by Crippen LogP contribution is 2.33. The number of aromatic nitrogens is 3. The Balaban J connectivity index is 1.59. The van der Waals surface area contributed by atoms with Gasteiger partial charge in [-0.3, -0.25) is 19.7 Å². The Morgan fingerprint density at radius 1 is 1.23 bits per heavy atom. The van der Waals surface area contributed by atoms with Crippen molar-refractivity contribution in [3.63, 3.8) is 0 Å². The van der Waals surface area contributed by atoms with Crippen molar-refractivity contribution in [2.75, 3.05) is 12.4 Å². The van der Waals surface area contributed by atoms with Crippen LogP contribution in [0.2, 0.25) is 0 Å². The van der Waals surface area contributed by atoms with Crippen LogP contribution < -0.4 is 10.6 Å². The number of carbonyl (C=O) groups is 2. The van der Waals surface area contributed by atoms with Crippen molar-refractivity contribution in [3.05, 3.63) is 42.4 Å². The first-order valence-electron chi connectivity index (χ1n) is 10.5. The second-order valence-corrected chi connectivity index (χ2v) is 8.35. The molecule has 3 N–H and O–H groups in total. The van der Waals surface area contributed by atoms with Gasteiger partial charge in [0, 0.05) is 41.8 Å². The van der Waals surface area contributed by atoms with Gasteiger partial charge in [-0.05, 0) is 50.3 Å². The number of rotatable bonds is 7. The third kappa shape index (κ3) is 4.52. The molecule has 0 spiro atoms. The quantitative estimate of drug-likeness (QED) is 0.504. The van der Waals surface area contributed by atoms with Crippen LogP contribution >= 0.6 is 0 Å². The van der Waals surface area contributed by atoms with Crippen molar-refractivity contribution in [1.82, 2.24) is 20.5 Å². The number of aromatic amines is 1. The summed E-state index contributed by atoms with van der Waals surface area (Å²) in [6, 6.07) is 6.18. The van der Waals surface area contributed by atoms with Crippen LogP contribution in [0.25, 0.3) is 22.0 Å². The molecule has 0 atom stereocenters. The molecule has 0 unspecified atom stereocenters. The summed E-state index contributed by atoms with van der Waals surface area (Å²) in [5.74, 6) is -0.101. The average molecular weight is 422 g/mol. The van der Waals surface area contributed by atoms with Crippen molar-refractivity contribution < 1.29 is 14.3 Å². The van der Waals surface area contributed by atoms with E-state index in [2.05, 4.69) is 25.8 Å². The van der Waals surface area contributed by atoms with Gasteiger partial charge in [-0.25, -0.2) is 0 Å². The van der Waals surface area contributed by atoms with Crippen molar-refractivity contribution >= 4 is 28.5 Å². The monoisotopic (exact) mass is 421 g/mol. The molecule has 8 nitrogen and oxygen atoms in total. The Morgan fingerprint density at radius 2 is 2.03 bits per heavy atom. The molecule has 0 saturated heterocycles. The summed E-state index contributed by atoms with van der Waals surface area (Å²) in [5, 5.41) is 14.3. The Labute approximate surface area is 180 Å². The van der Waals surface area contributed by atoms with Gasteiger partial charge in [0.1, 0.15) is 0 Å². The highest BCUT2D eigenvalue weighted by Gasteiger charge is 2.32. The third-order valence-corrected chi connectivity index (χ3v) is 5.63. The van der Waals surface area contributed by atoms with E-state index >= 15 is 0 Å². The molecule has 162 valence electrons. The van der Waals surface area contributed by atoms with E-state index in [1.54, 1.807) is 12.4 Å². The van der Waals surface area contributed by atoms with Crippen molar-refractivity contribution in [1.29, 1.82) is 0 Å². The molecule has 31 heavy (non-hydrogen) atoms. The number of pyridine rings is 1. The lowest BCUT2D eigenvalue weighted by Crippen LogP contribution is -2.45. The lowest BCUT2D eigenvalue weighted by Gasteiger charge is -2.35. The maximum atomic E-state index is 13.1. The van der Waals surface area contributed by atoms with Gasteiger partial charge in [-0.2, -0.15) is 5.10 Å². The van der Waals surface area contributed by atoms with E-state index in [0.717, 1.165) is 40.6 Å². The molecule has 1 saturated carbocycles. The minimum atomic E-state index is -0.203. The number of benzene rings is 1. The van der Waals surface area contributed by atoms with Gasteiger partial charge < -0.3 is 15.4 Å². The first-order chi connectivity index (χ1) is 14.9. The van der Waals surface area contributed by atoms with Gasteiger partial charge in [0.25, 0.3) is 5.91 Å². The highest BCUT2D eigenvalue weighted by molar-refractivity contribution is 6.08. The normalized spacial score (nSPS) is 17.9. The van der Waals surface area contributed by atoms with E-state index in [0.29, 0.717) is 12.0 Å². The molecule has 1 aliphatic rings. The fraction of sp³-hybridized carbons (Fsp3) is 0.391. The van der Waals surface area contributed by atoms with Crippen LogP contribution in [-0.4, -0.2) is 46.3 Å². The van der Waals surface area contributed by atoms with E-state index < -0.39 is 0 Å². The second-order valence-electron chi connectivity index (χ2n) is 8.35. The maximum Gasteiger partial charge on any atom is 0.305 e. The lowest BCUT2D eigenvalue weighted by atomic mass is 9.78. The Bertz CT molecular complexity index is 1090. The largest absolute Gasteiger partial charge is 0.469 e. The number of nitrogens with one attached hydrogen (secondary N) is 3. The SMILES string of the molecule is COC(=O)CC1CC(NC(=O)c2cnc3ccc(-c4cn[nH]c4)cc3c2NC(C)C)C1. The smallest absolute Gasteiger partial charge is 0.305 e. The zero-order chi connectivity index (χ0) is 22.0. The molecule has 2 heterocycles. The molecule has 4 rings (SSSR count). The topological polar surface area (TPSA) is 109 Å². The first kappa shape index (κ1) is 20.8. The molecule has 1 aromatic carbocycles. The molecule has 1 amide bonds. The fourth-order valence-corrected chi connectivity index (χ4v) is 4.00. The molecular weight excluding hydrogens is 394 g/mol. The van der Waals surface area contributed by atoms with Gasteiger partial charge in [-0.1, -0.05) is 6.07 Å². The number of hydrogen-bond acceptors (Lipinski definition) is 6. The minimum absolute atomic E-state index is 0.0574. The lowest BCUT2D eigenvalue weighted by molar-refractivity contribution is -0.142. The Morgan fingerprint density at radius 3 is 2.71 bits per heavy atom. The van der Waals surface area contributed by atoms with Gasteiger partial charge in [0.2, 0.25) is 0 Å². The summed E-state index contributed by atoms with van der Waals surface area (Å²) >= 11 is 0. The van der Waals surface area contributed by atoms with Gasteiger partial charge in [-0.15, -0.1) is 0 Å². The molecule has 1 aliphatic carbocycles. The average Bonchev–Trinajstić information content (AvgIpc) is 3.26. The summed E-state index contributed by atoms with van der Waals surface area (Å²) in [5.41, 5.74) is 4.07. The number of anilines is 1. The summed E-state index contributed by atoms with van der Waals surface area (Å²) in [6.07, 6.45) is 7.19. The number of fused-ring (bicyclic) bond motifs is 1. The standard InChI is InChI=1S/C23H27N5O3/c1-13(2)27-22-18-9-15(16-10-25-26-11-16)4-5-20(18)24-12-19(22)23(30)28-17-6-14(7-17)8-21(29)31-3/h4-5,9-14,17H,6-8H2,1-3H3,(H,24,27)(H,25,26)(H,28,30). The van der Waals surface area contributed by atoms with Crippen molar-refractivity contribution in [2.45, 2.75) is 45.2 Å². The Kier molecular flexibility index (Phi) is 5.88. The molecule has 0 radical (unpaired) electrons. The van der Waals surface area contributed by atoms with Crippen LogP contribution in [0.5, 0.6) is 0 Å². The van der Waals surface area contributed by atoms with Crippen molar-refractivity contribution in [3.8, 4) is 11.1 Å². The number of esters is 1. The van der Waals surface area contributed by atoms with Gasteiger partial charge in [0.05, 0.1) is 30.1 Å². The number of H-pyrrole nitrogens is 1. The number of amides is 1. The zero-order valence-electron chi connectivity index (χ0n) is 17.9. The minimum Gasteiger partial charge on any atom is -0.469 e. The molecule has 2 aromatic heterocycles. The van der Waals surface area contributed by atoms with Gasteiger partial charge in [0.15, 0.2) is 0 Å². The first-order valence-corrected chi connectivity index (χ1v) is 10.5. The third-order valence-electron chi connectivity index (χ3n) is 5.63. The molecule has 0 aliphatic heterocycles. The van der Waals surface area contributed by atoms with Crippen LogP contribution in [0.1, 0.15) is 43.5 Å². The summed E-state index contributed by atoms with van der Waals surface area (Å²) < 4.78 is 4.72. The number of methoxy groups -OCH3 is 1. The molecule has 8 heteroatoms. The fourth-order valence-electron chi connectivity index (χ4n) is 4.00. The summed E-state index contributed by atoms with van der Waals surface area (Å²) in [7, 11) is 1.40. The molecular formula is C23H27N5O3. The zero-order valence-corrected chi connectivity index (χ0v) is 17.9. The molecule has 3 aromatic rings. The van der Waals surface area contributed by atoms with E-state index in [1.165, 1.54) is 7.11 Å². The number of hydrogen-bond donors (Lipinski definition) is 3. The van der Waals surface area contributed by atoms with E-state index in [-0.39, 0.29) is 29.9 Å². The van der Waals surface area contributed by atoms with Crippen LogP contribution in [0.15, 0.2) is 36.8 Å². The molecule has 0 bridgehead atoms. The van der Waals surface area contributed by atoms with Crippen LogP contribution in [-0.2, 0) is 9.53 Å². The van der Waals surface area contributed by atoms with E-state index in [4.69, 9.17) is 4.74 Å². The van der Waals surface area contributed by atoms with Crippen LogP contribution in [0.3, 0.4) is 0 Å². The number of carbonyl (C=O) groups excluding carboxylic acids is 2. The predicted octanol–water partition coefficient (Wildman–Crippen LogP) is 3.52. The van der Waals surface area contributed by atoms with Crippen molar-refractivity contribution in [2.24, 2.45) is 5.92 Å². The highest BCUT2D eigenvalue weighted by atomic mass is 16.5. The summed E-state index contributed by atoms with van der Waals surface area (Å²) in [4.78, 5) is 29.0. The second kappa shape index (κ2) is 8.75. The van der Waals surface area contributed by atoms with Crippen LogP contribution in [0.4, 0.5) is 5.69 Å². The Hall–Kier alpha value is -3.42. The van der Waals surface area contributed by atoms with E-state index in [9.17, 15) is 9.59 Å². The summed E-state index contributed by atoms with van der Waals surface area (Å²) in [6.45, 7) is 4.08. The number of nitrogens with zero attached hydrogens (tertiary/aromatic N) is 2. The maximum absolute atomic E-state index is 13.1. The van der Waals surface area contributed by atoms with Crippen LogP contribution in [0, 0.1) is 5.92 Å². The predicted molar refractivity (Wildman–Crippen MR) is 119 cm³/mol. The molecule has 1 fully saturated rings. The van der Waals surface area contributed by atoms with E-state index in [1.807, 2.05) is 38.2 Å².